The van der Waals surface area contributed by atoms with Crippen molar-refractivity contribution < 1.29 is 9.13 Å². The van der Waals surface area contributed by atoms with E-state index in [0.29, 0.717) is 12.3 Å². The zero-order chi connectivity index (χ0) is 13.8. The SMILES string of the molecule is CNCc1cnc(C)cc1Oc1cccc(Cl)c1F. The molecular formula is C14H14ClFN2O. The highest BCUT2D eigenvalue weighted by molar-refractivity contribution is 6.30. The summed E-state index contributed by atoms with van der Waals surface area (Å²) in [5, 5.41) is 3.06. The van der Waals surface area contributed by atoms with Crippen LogP contribution in [0.5, 0.6) is 11.5 Å². The summed E-state index contributed by atoms with van der Waals surface area (Å²) >= 11 is 5.73. The summed E-state index contributed by atoms with van der Waals surface area (Å²) in [6.07, 6.45) is 1.71. The molecular weight excluding hydrogens is 267 g/mol. The third kappa shape index (κ3) is 3.22. The van der Waals surface area contributed by atoms with Gasteiger partial charge in [-0.3, -0.25) is 4.98 Å². The van der Waals surface area contributed by atoms with Crippen molar-refractivity contribution in [2.75, 3.05) is 7.05 Å². The van der Waals surface area contributed by atoms with Crippen LogP contribution in [-0.4, -0.2) is 12.0 Å². The average Bonchev–Trinajstić information content (AvgIpc) is 2.38. The second-order valence-electron chi connectivity index (χ2n) is 4.12. The number of benzene rings is 1. The molecule has 0 amide bonds. The van der Waals surface area contributed by atoms with Gasteiger partial charge < -0.3 is 10.1 Å². The largest absolute Gasteiger partial charge is 0.454 e. The van der Waals surface area contributed by atoms with Crippen molar-refractivity contribution in [2.45, 2.75) is 13.5 Å². The van der Waals surface area contributed by atoms with E-state index in [1.165, 1.54) is 6.07 Å². The van der Waals surface area contributed by atoms with Gasteiger partial charge in [0.15, 0.2) is 11.6 Å². The van der Waals surface area contributed by atoms with Crippen LogP contribution in [0.2, 0.25) is 5.02 Å². The van der Waals surface area contributed by atoms with Gasteiger partial charge in [0.25, 0.3) is 0 Å². The Bertz CT molecular complexity index is 590. The zero-order valence-electron chi connectivity index (χ0n) is 10.7. The molecule has 0 aliphatic rings. The van der Waals surface area contributed by atoms with Crippen LogP contribution >= 0.6 is 11.6 Å². The number of nitrogens with zero attached hydrogens (tertiary/aromatic N) is 1. The Hall–Kier alpha value is -1.65. The van der Waals surface area contributed by atoms with Gasteiger partial charge in [0.05, 0.1) is 5.02 Å². The van der Waals surface area contributed by atoms with E-state index >= 15 is 0 Å². The Morgan fingerprint density at radius 2 is 2.16 bits per heavy atom. The average molecular weight is 281 g/mol. The highest BCUT2D eigenvalue weighted by atomic mass is 35.5. The topological polar surface area (TPSA) is 34.2 Å². The summed E-state index contributed by atoms with van der Waals surface area (Å²) in [5.41, 5.74) is 1.66. The number of ether oxygens (including phenoxy) is 1. The maximum atomic E-state index is 13.8. The Morgan fingerprint density at radius 1 is 1.37 bits per heavy atom. The van der Waals surface area contributed by atoms with Crippen LogP contribution in [0.3, 0.4) is 0 Å². The van der Waals surface area contributed by atoms with Crippen molar-refractivity contribution in [1.82, 2.24) is 10.3 Å². The number of pyridine rings is 1. The maximum Gasteiger partial charge on any atom is 0.184 e. The standard InChI is InChI=1S/C14H14ClFN2O/c1-9-6-13(10(7-17-2)8-18-9)19-12-5-3-4-11(15)14(12)16/h3-6,8,17H,7H2,1-2H3. The van der Waals surface area contributed by atoms with Crippen LogP contribution in [0.25, 0.3) is 0 Å². The Balaban J connectivity index is 2.36. The molecule has 1 aromatic heterocycles. The summed E-state index contributed by atoms with van der Waals surface area (Å²) in [5.74, 6) is 0.118. The van der Waals surface area contributed by atoms with Crippen molar-refractivity contribution in [2.24, 2.45) is 0 Å². The first-order valence-corrected chi connectivity index (χ1v) is 6.21. The van der Waals surface area contributed by atoms with E-state index in [9.17, 15) is 4.39 Å². The zero-order valence-corrected chi connectivity index (χ0v) is 11.5. The fraction of sp³-hybridized carbons (Fsp3) is 0.214. The first kappa shape index (κ1) is 13.8. The van der Waals surface area contributed by atoms with Crippen molar-refractivity contribution in [3.05, 3.63) is 52.6 Å². The molecule has 0 unspecified atom stereocenters. The number of halogens is 2. The molecule has 0 saturated heterocycles. The molecule has 0 spiro atoms. The highest BCUT2D eigenvalue weighted by Gasteiger charge is 2.11. The second-order valence-corrected chi connectivity index (χ2v) is 4.52. The number of nitrogens with one attached hydrogen (secondary N) is 1. The second kappa shape index (κ2) is 5.99. The van der Waals surface area contributed by atoms with Gasteiger partial charge in [0.2, 0.25) is 0 Å². The molecule has 0 aliphatic heterocycles. The van der Waals surface area contributed by atoms with Gasteiger partial charge in [0, 0.05) is 30.1 Å². The van der Waals surface area contributed by atoms with Crippen LogP contribution < -0.4 is 10.1 Å². The molecule has 0 bridgehead atoms. The lowest BCUT2D eigenvalue weighted by Gasteiger charge is -2.12. The molecule has 3 nitrogen and oxygen atoms in total. The van der Waals surface area contributed by atoms with E-state index in [1.54, 1.807) is 24.4 Å². The fourth-order valence-electron chi connectivity index (χ4n) is 1.66. The summed E-state index contributed by atoms with van der Waals surface area (Å²) in [6.45, 7) is 2.44. The summed E-state index contributed by atoms with van der Waals surface area (Å²) in [7, 11) is 1.82. The lowest BCUT2D eigenvalue weighted by molar-refractivity contribution is 0.435. The third-order valence-corrected chi connectivity index (χ3v) is 2.88. The number of hydrogen-bond acceptors (Lipinski definition) is 3. The van der Waals surface area contributed by atoms with Crippen LogP contribution in [0.4, 0.5) is 4.39 Å². The lowest BCUT2D eigenvalue weighted by Crippen LogP contribution is -2.07. The predicted molar refractivity (Wildman–Crippen MR) is 73.2 cm³/mol. The minimum Gasteiger partial charge on any atom is -0.454 e. The molecule has 2 aromatic rings. The van der Waals surface area contributed by atoms with Crippen LogP contribution in [0, 0.1) is 12.7 Å². The van der Waals surface area contributed by atoms with E-state index < -0.39 is 5.82 Å². The van der Waals surface area contributed by atoms with Gasteiger partial charge in [-0.1, -0.05) is 17.7 Å². The predicted octanol–water partition coefficient (Wildman–Crippen LogP) is 3.69. The fourth-order valence-corrected chi connectivity index (χ4v) is 1.83. The first-order chi connectivity index (χ1) is 9.11. The van der Waals surface area contributed by atoms with Crippen molar-refractivity contribution in [3.8, 4) is 11.5 Å². The molecule has 1 aromatic carbocycles. The molecule has 0 radical (unpaired) electrons. The minimum absolute atomic E-state index is 0.0402. The molecule has 19 heavy (non-hydrogen) atoms. The smallest absolute Gasteiger partial charge is 0.184 e. The first-order valence-electron chi connectivity index (χ1n) is 5.84. The quantitative estimate of drug-likeness (QED) is 0.927. The van der Waals surface area contributed by atoms with Crippen molar-refractivity contribution >= 4 is 11.6 Å². The van der Waals surface area contributed by atoms with E-state index in [1.807, 2.05) is 14.0 Å². The third-order valence-electron chi connectivity index (χ3n) is 2.58. The van der Waals surface area contributed by atoms with Crippen LogP contribution in [-0.2, 0) is 6.54 Å². The lowest BCUT2D eigenvalue weighted by atomic mass is 10.2. The molecule has 5 heteroatoms. The molecule has 0 aliphatic carbocycles. The van der Waals surface area contributed by atoms with Crippen LogP contribution in [0.15, 0.2) is 30.5 Å². The minimum atomic E-state index is -0.561. The van der Waals surface area contributed by atoms with Gasteiger partial charge in [-0.2, -0.15) is 0 Å². The van der Waals surface area contributed by atoms with Gasteiger partial charge in [-0.25, -0.2) is 4.39 Å². The van der Waals surface area contributed by atoms with E-state index in [4.69, 9.17) is 16.3 Å². The summed E-state index contributed by atoms with van der Waals surface area (Å²) < 4.78 is 19.4. The van der Waals surface area contributed by atoms with E-state index in [0.717, 1.165) is 11.3 Å². The Morgan fingerprint density at radius 3 is 2.89 bits per heavy atom. The number of hydrogen-bond donors (Lipinski definition) is 1. The van der Waals surface area contributed by atoms with Crippen molar-refractivity contribution in [3.63, 3.8) is 0 Å². The molecule has 1 N–H and O–H groups in total. The van der Waals surface area contributed by atoms with E-state index in [-0.39, 0.29) is 10.8 Å². The molecule has 0 saturated carbocycles. The van der Waals surface area contributed by atoms with Crippen LogP contribution in [0.1, 0.15) is 11.3 Å². The molecule has 0 atom stereocenters. The normalized spacial score (nSPS) is 10.5. The van der Waals surface area contributed by atoms with Gasteiger partial charge in [-0.05, 0) is 26.1 Å². The monoisotopic (exact) mass is 280 g/mol. The van der Waals surface area contributed by atoms with E-state index in [2.05, 4.69) is 10.3 Å². The van der Waals surface area contributed by atoms with Crippen molar-refractivity contribution in [1.29, 1.82) is 0 Å². The van der Waals surface area contributed by atoms with Gasteiger partial charge in [0.1, 0.15) is 5.75 Å². The highest BCUT2D eigenvalue weighted by Crippen LogP contribution is 2.30. The molecule has 1 heterocycles. The van der Waals surface area contributed by atoms with Gasteiger partial charge in [-0.15, -0.1) is 0 Å². The Labute approximate surface area is 116 Å². The Kier molecular flexibility index (Phi) is 4.35. The number of rotatable bonds is 4. The number of aromatic nitrogens is 1. The number of aryl methyl sites for hydroxylation is 1. The van der Waals surface area contributed by atoms with Gasteiger partial charge >= 0.3 is 0 Å². The molecule has 2 rings (SSSR count). The molecule has 0 fully saturated rings. The summed E-state index contributed by atoms with van der Waals surface area (Å²) in [6, 6.07) is 6.44. The summed E-state index contributed by atoms with van der Waals surface area (Å²) in [4.78, 5) is 4.20. The molecule has 100 valence electrons. The maximum absolute atomic E-state index is 13.8.